The fourth-order valence-electron chi connectivity index (χ4n) is 2.49. The quantitative estimate of drug-likeness (QED) is 0.830. The van der Waals surface area contributed by atoms with E-state index in [1.54, 1.807) is 0 Å². The molecule has 124 valence electrons. The molecule has 0 radical (unpaired) electrons. The molecule has 0 bridgehead atoms. The molecule has 0 aromatic carbocycles. The Bertz CT molecular complexity index is 762. The molecular formula is C14H20N6O2S. The summed E-state index contributed by atoms with van der Waals surface area (Å²) in [7, 11) is 3.87. The molecule has 0 aliphatic carbocycles. The van der Waals surface area contributed by atoms with Gasteiger partial charge in [-0.2, -0.15) is 9.50 Å². The molecule has 1 N–H and O–H groups in total. The molecule has 2 aromatic heterocycles. The second-order valence-corrected chi connectivity index (χ2v) is 6.75. The number of anilines is 1. The molecule has 0 unspecified atom stereocenters. The van der Waals surface area contributed by atoms with Crippen LogP contribution in [0.25, 0.3) is 4.96 Å². The van der Waals surface area contributed by atoms with E-state index < -0.39 is 5.56 Å². The summed E-state index contributed by atoms with van der Waals surface area (Å²) >= 11 is 1.35. The van der Waals surface area contributed by atoms with Crippen LogP contribution in [-0.2, 0) is 0 Å². The van der Waals surface area contributed by atoms with Crippen molar-refractivity contribution >= 4 is 27.3 Å². The highest BCUT2D eigenvalue weighted by atomic mass is 32.1. The van der Waals surface area contributed by atoms with Gasteiger partial charge < -0.3 is 15.1 Å². The van der Waals surface area contributed by atoms with Crippen LogP contribution in [0.2, 0.25) is 0 Å². The predicted octanol–water partition coefficient (Wildman–Crippen LogP) is 0.0426. The van der Waals surface area contributed by atoms with Crippen LogP contribution in [0.1, 0.15) is 23.3 Å². The summed E-state index contributed by atoms with van der Waals surface area (Å²) in [5.41, 5.74) is -0.181. The van der Waals surface area contributed by atoms with E-state index >= 15 is 0 Å². The molecule has 1 fully saturated rings. The molecule has 3 heterocycles. The number of nitrogens with one attached hydrogen (secondary N) is 1. The summed E-state index contributed by atoms with van der Waals surface area (Å²) in [4.78, 5) is 32.7. The Balaban J connectivity index is 1.89. The van der Waals surface area contributed by atoms with E-state index in [4.69, 9.17) is 0 Å². The van der Waals surface area contributed by atoms with E-state index in [-0.39, 0.29) is 11.6 Å². The Morgan fingerprint density at radius 3 is 2.83 bits per heavy atom. The average molecular weight is 336 g/mol. The summed E-state index contributed by atoms with van der Waals surface area (Å²) < 4.78 is 1.48. The fraction of sp³-hybridized carbons (Fsp3) is 0.571. The second-order valence-electron chi connectivity index (χ2n) is 5.81. The smallest absolute Gasteiger partial charge is 0.274 e. The van der Waals surface area contributed by atoms with Crippen molar-refractivity contribution in [3.8, 4) is 0 Å². The Morgan fingerprint density at radius 2 is 2.13 bits per heavy atom. The summed E-state index contributed by atoms with van der Waals surface area (Å²) in [6.45, 7) is 3.14. The molecule has 23 heavy (non-hydrogen) atoms. The third-order valence-electron chi connectivity index (χ3n) is 3.70. The number of carbonyl (C=O) groups excluding carboxylic acids is 1. The lowest BCUT2D eigenvalue weighted by molar-refractivity contribution is 0.0943. The maximum Gasteiger partial charge on any atom is 0.274 e. The molecule has 1 aliphatic rings. The number of likely N-dealkylation sites (N-methyl/N-ethyl adjacent to an activating group) is 1. The molecule has 9 heteroatoms. The SMILES string of the molecule is CN(C)CCNC(=O)c1cc(=O)nc2sc(N3CCCC3)nn12. The normalized spacial score (nSPS) is 14.8. The predicted molar refractivity (Wildman–Crippen MR) is 89.5 cm³/mol. The van der Waals surface area contributed by atoms with Gasteiger partial charge in [0.1, 0.15) is 5.69 Å². The topological polar surface area (TPSA) is 82.8 Å². The molecular weight excluding hydrogens is 316 g/mol. The number of amides is 1. The molecule has 3 rings (SSSR count). The Kier molecular flexibility index (Phi) is 4.58. The lowest BCUT2D eigenvalue weighted by atomic mass is 10.3. The molecule has 0 saturated carbocycles. The van der Waals surface area contributed by atoms with Gasteiger partial charge in [0, 0.05) is 32.2 Å². The van der Waals surface area contributed by atoms with Crippen molar-refractivity contribution in [2.24, 2.45) is 0 Å². The molecule has 8 nitrogen and oxygen atoms in total. The van der Waals surface area contributed by atoms with Gasteiger partial charge in [-0.1, -0.05) is 11.3 Å². The summed E-state index contributed by atoms with van der Waals surface area (Å²) in [5.74, 6) is -0.306. The Hall–Kier alpha value is -2.00. The molecule has 1 saturated heterocycles. The van der Waals surface area contributed by atoms with Gasteiger partial charge in [0.2, 0.25) is 10.1 Å². The van der Waals surface area contributed by atoms with E-state index in [1.807, 2.05) is 19.0 Å². The van der Waals surface area contributed by atoms with Crippen LogP contribution in [0.3, 0.4) is 0 Å². The van der Waals surface area contributed by atoms with E-state index in [0.717, 1.165) is 37.6 Å². The monoisotopic (exact) mass is 336 g/mol. The first-order valence-corrected chi connectivity index (χ1v) is 8.45. The fourth-order valence-corrected chi connectivity index (χ4v) is 3.45. The second kappa shape index (κ2) is 6.63. The highest BCUT2D eigenvalue weighted by molar-refractivity contribution is 7.20. The van der Waals surface area contributed by atoms with Crippen LogP contribution >= 0.6 is 11.3 Å². The zero-order valence-electron chi connectivity index (χ0n) is 13.3. The highest BCUT2D eigenvalue weighted by Crippen LogP contribution is 2.25. The number of rotatable bonds is 5. The average Bonchev–Trinajstić information content (AvgIpc) is 3.14. The third kappa shape index (κ3) is 3.50. The van der Waals surface area contributed by atoms with Gasteiger partial charge in [0.05, 0.1) is 0 Å². The Labute approximate surface area is 137 Å². The van der Waals surface area contributed by atoms with Gasteiger partial charge in [0.15, 0.2) is 0 Å². The molecule has 0 spiro atoms. The minimum absolute atomic E-state index is 0.237. The summed E-state index contributed by atoms with van der Waals surface area (Å²) in [6.07, 6.45) is 2.28. The Morgan fingerprint density at radius 1 is 1.39 bits per heavy atom. The molecule has 1 aliphatic heterocycles. The number of aromatic nitrogens is 3. The van der Waals surface area contributed by atoms with E-state index in [1.165, 1.54) is 21.9 Å². The standard InChI is InChI=1S/C14H20N6O2S/c1-18(2)8-5-15-12(22)10-9-11(21)16-13-20(10)17-14(23-13)19-6-3-4-7-19/h9H,3-8H2,1-2H3,(H,15,22). The molecule has 0 atom stereocenters. The zero-order valence-corrected chi connectivity index (χ0v) is 14.1. The van der Waals surface area contributed by atoms with Crippen molar-refractivity contribution in [3.05, 3.63) is 22.1 Å². The van der Waals surface area contributed by atoms with Crippen LogP contribution in [0, 0.1) is 0 Å². The van der Waals surface area contributed by atoms with Crippen LogP contribution in [0.5, 0.6) is 0 Å². The van der Waals surface area contributed by atoms with Gasteiger partial charge in [-0.05, 0) is 26.9 Å². The number of fused-ring (bicyclic) bond motifs is 1. The maximum absolute atomic E-state index is 12.4. The first-order chi connectivity index (χ1) is 11.0. The number of hydrogen-bond acceptors (Lipinski definition) is 7. The van der Waals surface area contributed by atoms with Crippen molar-refractivity contribution in [3.63, 3.8) is 0 Å². The van der Waals surface area contributed by atoms with Gasteiger partial charge in [0.25, 0.3) is 11.5 Å². The van der Waals surface area contributed by atoms with Gasteiger partial charge in [-0.3, -0.25) is 9.59 Å². The number of carbonyl (C=O) groups is 1. The van der Waals surface area contributed by atoms with Gasteiger partial charge in [-0.15, -0.1) is 5.10 Å². The van der Waals surface area contributed by atoms with Crippen molar-refractivity contribution in [2.45, 2.75) is 12.8 Å². The van der Waals surface area contributed by atoms with E-state index in [9.17, 15) is 9.59 Å². The number of hydrogen-bond donors (Lipinski definition) is 1. The first kappa shape index (κ1) is 15.9. The van der Waals surface area contributed by atoms with Crippen LogP contribution in [0.4, 0.5) is 5.13 Å². The van der Waals surface area contributed by atoms with Crippen molar-refractivity contribution in [1.29, 1.82) is 0 Å². The molecule has 1 amide bonds. The largest absolute Gasteiger partial charge is 0.349 e. The molecule has 2 aromatic rings. The van der Waals surface area contributed by atoms with Crippen LogP contribution < -0.4 is 15.8 Å². The minimum Gasteiger partial charge on any atom is -0.349 e. The highest BCUT2D eigenvalue weighted by Gasteiger charge is 2.20. The van der Waals surface area contributed by atoms with E-state index in [0.29, 0.717) is 11.5 Å². The van der Waals surface area contributed by atoms with E-state index in [2.05, 4.69) is 20.3 Å². The maximum atomic E-state index is 12.4. The van der Waals surface area contributed by atoms with Gasteiger partial charge >= 0.3 is 0 Å². The summed E-state index contributed by atoms with van der Waals surface area (Å²) in [5, 5.41) is 8.11. The van der Waals surface area contributed by atoms with Crippen LogP contribution in [0.15, 0.2) is 10.9 Å². The lowest BCUT2D eigenvalue weighted by Gasteiger charge is -2.11. The first-order valence-electron chi connectivity index (χ1n) is 7.63. The third-order valence-corrected chi connectivity index (χ3v) is 4.67. The minimum atomic E-state index is -0.417. The van der Waals surface area contributed by atoms with Crippen molar-refractivity contribution in [2.75, 3.05) is 45.2 Å². The van der Waals surface area contributed by atoms with Crippen molar-refractivity contribution in [1.82, 2.24) is 24.8 Å². The van der Waals surface area contributed by atoms with Crippen LogP contribution in [-0.4, -0.2) is 65.7 Å². The zero-order chi connectivity index (χ0) is 16.4. The number of nitrogens with zero attached hydrogens (tertiary/aromatic N) is 5. The summed E-state index contributed by atoms with van der Waals surface area (Å²) in [6, 6.07) is 1.24. The van der Waals surface area contributed by atoms with Crippen molar-refractivity contribution < 1.29 is 4.79 Å². The lowest BCUT2D eigenvalue weighted by Crippen LogP contribution is -2.33. The van der Waals surface area contributed by atoms with Gasteiger partial charge in [-0.25, -0.2) is 0 Å².